The van der Waals surface area contributed by atoms with Gasteiger partial charge in [0.25, 0.3) is 0 Å². The Labute approximate surface area is 115 Å². The van der Waals surface area contributed by atoms with Crippen LogP contribution < -0.4 is 5.73 Å². The molecule has 106 valence electrons. The van der Waals surface area contributed by atoms with Gasteiger partial charge in [-0.1, -0.05) is 19.1 Å². The van der Waals surface area contributed by atoms with Gasteiger partial charge in [-0.25, -0.2) is 4.39 Å². The Kier molecular flexibility index (Phi) is 5.34. The highest BCUT2D eigenvalue weighted by molar-refractivity contribution is 5.20. The third kappa shape index (κ3) is 4.02. The van der Waals surface area contributed by atoms with Gasteiger partial charge in [0.1, 0.15) is 5.82 Å². The SMILES string of the molecule is CC(c1ccc(F)cc1)[C@@H]1CCCN(CCCN)C1. The Balaban J connectivity index is 1.94. The highest BCUT2D eigenvalue weighted by Gasteiger charge is 2.25. The molecule has 1 aromatic rings. The molecule has 1 unspecified atom stereocenters. The van der Waals surface area contributed by atoms with Crippen molar-refractivity contribution in [2.45, 2.75) is 32.1 Å². The fourth-order valence-corrected chi connectivity index (χ4v) is 3.06. The predicted octanol–water partition coefficient (Wildman–Crippen LogP) is 2.99. The molecule has 2 N–H and O–H groups in total. The lowest BCUT2D eigenvalue weighted by Gasteiger charge is -2.36. The Morgan fingerprint density at radius 2 is 2.11 bits per heavy atom. The second kappa shape index (κ2) is 7.01. The molecule has 19 heavy (non-hydrogen) atoms. The first-order valence-electron chi connectivity index (χ1n) is 7.38. The monoisotopic (exact) mass is 264 g/mol. The maximum atomic E-state index is 13.0. The van der Waals surface area contributed by atoms with Crippen LogP contribution in [0.25, 0.3) is 0 Å². The van der Waals surface area contributed by atoms with Crippen LogP contribution in [0.4, 0.5) is 4.39 Å². The fourth-order valence-electron chi connectivity index (χ4n) is 3.06. The molecule has 1 aliphatic heterocycles. The van der Waals surface area contributed by atoms with E-state index in [1.54, 1.807) is 12.1 Å². The number of hydrogen-bond donors (Lipinski definition) is 1. The molecule has 2 atom stereocenters. The molecule has 1 saturated heterocycles. The second-order valence-corrected chi connectivity index (χ2v) is 5.69. The average molecular weight is 264 g/mol. The van der Waals surface area contributed by atoms with E-state index in [1.807, 2.05) is 12.1 Å². The molecule has 1 aliphatic rings. The third-order valence-corrected chi connectivity index (χ3v) is 4.32. The van der Waals surface area contributed by atoms with E-state index in [2.05, 4.69) is 11.8 Å². The lowest BCUT2D eigenvalue weighted by atomic mass is 9.82. The van der Waals surface area contributed by atoms with Crippen LogP contribution in [0.5, 0.6) is 0 Å². The number of hydrogen-bond acceptors (Lipinski definition) is 2. The average Bonchev–Trinajstić information content (AvgIpc) is 2.45. The zero-order valence-corrected chi connectivity index (χ0v) is 11.8. The first-order chi connectivity index (χ1) is 9.20. The first kappa shape index (κ1) is 14.5. The summed E-state index contributed by atoms with van der Waals surface area (Å²) in [5.41, 5.74) is 6.84. The van der Waals surface area contributed by atoms with Crippen molar-refractivity contribution in [3.63, 3.8) is 0 Å². The van der Waals surface area contributed by atoms with Gasteiger partial charge in [-0.3, -0.25) is 0 Å². The molecule has 2 rings (SSSR count). The van der Waals surface area contributed by atoms with Gasteiger partial charge >= 0.3 is 0 Å². The maximum absolute atomic E-state index is 13.0. The van der Waals surface area contributed by atoms with Crippen molar-refractivity contribution < 1.29 is 4.39 Å². The summed E-state index contributed by atoms with van der Waals surface area (Å²) in [7, 11) is 0. The quantitative estimate of drug-likeness (QED) is 0.886. The summed E-state index contributed by atoms with van der Waals surface area (Å²) in [6.45, 7) is 6.51. The van der Waals surface area contributed by atoms with E-state index in [9.17, 15) is 4.39 Å². The molecule has 0 aromatic heterocycles. The van der Waals surface area contributed by atoms with E-state index in [0.29, 0.717) is 11.8 Å². The van der Waals surface area contributed by atoms with E-state index < -0.39 is 0 Å². The molecule has 0 radical (unpaired) electrons. The highest BCUT2D eigenvalue weighted by atomic mass is 19.1. The molecule has 1 aromatic carbocycles. The van der Waals surface area contributed by atoms with Crippen LogP contribution in [0.3, 0.4) is 0 Å². The number of benzene rings is 1. The summed E-state index contributed by atoms with van der Waals surface area (Å²) in [6.07, 6.45) is 3.62. The number of rotatable bonds is 5. The molecule has 2 nitrogen and oxygen atoms in total. The summed E-state index contributed by atoms with van der Waals surface area (Å²) in [5.74, 6) is 1.03. The minimum atomic E-state index is -0.149. The van der Waals surface area contributed by atoms with Crippen molar-refractivity contribution in [3.05, 3.63) is 35.6 Å². The van der Waals surface area contributed by atoms with Gasteiger partial charge in [0.05, 0.1) is 0 Å². The summed E-state index contributed by atoms with van der Waals surface area (Å²) < 4.78 is 13.0. The van der Waals surface area contributed by atoms with Crippen molar-refractivity contribution in [1.29, 1.82) is 0 Å². The van der Waals surface area contributed by atoms with Crippen LogP contribution in [0.15, 0.2) is 24.3 Å². The second-order valence-electron chi connectivity index (χ2n) is 5.69. The van der Waals surface area contributed by atoms with E-state index in [1.165, 1.54) is 24.9 Å². The molecule has 1 heterocycles. The van der Waals surface area contributed by atoms with Crippen LogP contribution in [-0.4, -0.2) is 31.1 Å². The Bertz CT molecular complexity index is 377. The lowest BCUT2D eigenvalue weighted by Crippen LogP contribution is -2.38. The van der Waals surface area contributed by atoms with E-state index in [-0.39, 0.29) is 5.82 Å². The van der Waals surface area contributed by atoms with E-state index in [4.69, 9.17) is 5.73 Å². The lowest BCUT2D eigenvalue weighted by molar-refractivity contribution is 0.159. The van der Waals surface area contributed by atoms with Crippen LogP contribution in [0, 0.1) is 11.7 Å². The van der Waals surface area contributed by atoms with Gasteiger partial charge in [0.15, 0.2) is 0 Å². The fraction of sp³-hybridized carbons (Fsp3) is 0.625. The van der Waals surface area contributed by atoms with Crippen molar-refractivity contribution >= 4 is 0 Å². The summed E-state index contributed by atoms with van der Waals surface area (Å²) in [4.78, 5) is 2.53. The molecule has 0 amide bonds. The predicted molar refractivity (Wildman–Crippen MR) is 77.7 cm³/mol. The molecule has 0 aliphatic carbocycles. The number of nitrogens with two attached hydrogens (primary N) is 1. The minimum Gasteiger partial charge on any atom is -0.330 e. The zero-order valence-electron chi connectivity index (χ0n) is 11.8. The highest BCUT2D eigenvalue weighted by Crippen LogP contribution is 2.31. The molecule has 1 fully saturated rings. The van der Waals surface area contributed by atoms with Gasteiger partial charge in [0.2, 0.25) is 0 Å². The van der Waals surface area contributed by atoms with Crippen LogP contribution in [0.2, 0.25) is 0 Å². The molecule has 0 bridgehead atoms. The Morgan fingerprint density at radius 3 is 2.79 bits per heavy atom. The molecular weight excluding hydrogens is 239 g/mol. The molecular formula is C16H25FN2. The third-order valence-electron chi connectivity index (χ3n) is 4.32. The van der Waals surface area contributed by atoms with Gasteiger partial charge in [-0.2, -0.15) is 0 Å². The van der Waals surface area contributed by atoms with Crippen molar-refractivity contribution in [3.8, 4) is 0 Å². The molecule has 3 heteroatoms. The Morgan fingerprint density at radius 1 is 1.37 bits per heavy atom. The zero-order chi connectivity index (χ0) is 13.7. The van der Waals surface area contributed by atoms with Crippen molar-refractivity contribution in [1.82, 2.24) is 4.90 Å². The molecule has 0 saturated carbocycles. The largest absolute Gasteiger partial charge is 0.330 e. The normalized spacial score (nSPS) is 22.4. The summed E-state index contributed by atoms with van der Waals surface area (Å²) in [6, 6.07) is 7.00. The number of piperidine rings is 1. The summed E-state index contributed by atoms with van der Waals surface area (Å²) >= 11 is 0. The Hall–Kier alpha value is -0.930. The molecule has 0 spiro atoms. The standard InChI is InChI=1S/C16H25FN2/c1-13(14-5-7-16(17)8-6-14)15-4-2-10-19(12-15)11-3-9-18/h5-8,13,15H,2-4,9-12,18H2,1H3/t13?,15-/m1/s1. The topological polar surface area (TPSA) is 29.3 Å². The smallest absolute Gasteiger partial charge is 0.123 e. The van der Waals surface area contributed by atoms with E-state index >= 15 is 0 Å². The first-order valence-corrected chi connectivity index (χ1v) is 7.38. The summed E-state index contributed by atoms with van der Waals surface area (Å²) in [5, 5.41) is 0. The van der Waals surface area contributed by atoms with Gasteiger partial charge < -0.3 is 10.6 Å². The van der Waals surface area contributed by atoms with E-state index in [0.717, 1.165) is 26.1 Å². The van der Waals surface area contributed by atoms with Gasteiger partial charge in [-0.05, 0) is 68.4 Å². The van der Waals surface area contributed by atoms with Crippen molar-refractivity contribution in [2.75, 3.05) is 26.2 Å². The number of halogens is 1. The van der Waals surface area contributed by atoms with Gasteiger partial charge in [-0.15, -0.1) is 0 Å². The van der Waals surface area contributed by atoms with Crippen molar-refractivity contribution in [2.24, 2.45) is 11.7 Å². The van der Waals surface area contributed by atoms with Crippen LogP contribution in [0.1, 0.15) is 37.7 Å². The number of likely N-dealkylation sites (tertiary alicyclic amines) is 1. The van der Waals surface area contributed by atoms with Crippen LogP contribution >= 0.6 is 0 Å². The van der Waals surface area contributed by atoms with Crippen LogP contribution in [-0.2, 0) is 0 Å². The van der Waals surface area contributed by atoms with Gasteiger partial charge in [0, 0.05) is 6.54 Å². The minimum absolute atomic E-state index is 0.149. The number of nitrogens with zero attached hydrogens (tertiary/aromatic N) is 1. The maximum Gasteiger partial charge on any atom is 0.123 e.